The summed E-state index contributed by atoms with van der Waals surface area (Å²) in [6.07, 6.45) is 1.69. The Labute approximate surface area is 114 Å². The Balaban J connectivity index is 1.95. The maximum Gasteiger partial charge on any atom is 0.204 e. The number of rotatable bonds is 3. The molecule has 6 nitrogen and oxygen atoms in total. The summed E-state index contributed by atoms with van der Waals surface area (Å²) in [7, 11) is 1.95. The molecule has 1 unspecified atom stereocenters. The van der Waals surface area contributed by atoms with Gasteiger partial charge in [0.15, 0.2) is 0 Å². The number of nitrogens with one attached hydrogen (secondary N) is 2. The van der Waals surface area contributed by atoms with Crippen LogP contribution in [-0.4, -0.2) is 25.0 Å². The zero-order chi connectivity index (χ0) is 13.4. The number of nitrogens with zero attached hydrogens (tertiary/aromatic N) is 4. The van der Waals surface area contributed by atoms with Crippen molar-refractivity contribution in [3.63, 3.8) is 0 Å². The van der Waals surface area contributed by atoms with Crippen molar-refractivity contribution in [1.82, 2.24) is 25.0 Å². The molecule has 0 aliphatic rings. The van der Waals surface area contributed by atoms with E-state index in [1.165, 1.54) is 0 Å². The molecule has 3 aromatic rings. The SMILES string of the molecule is CC(Nc1nc2ccc(Cl)cc2n1C)c1cn[nH]n1. The molecule has 0 aliphatic carbocycles. The molecule has 0 radical (unpaired) electrons. The summed E-state index contributed by atoms with van der Waals surface area (Å²) < 4.78 is 1.97. The predicted octanol–water partition coefficient (Wildman–Crippen LogP) is 2.52. The van der Waals surface area contributed by atoms with Crippen LogP contribution < -0.4 is 5.32 Å². The highest BCUT2D eigenvalue weighted by atomic mass is 35.5. The summed E-state index contributed by atoms with van der Waals surface area (Å²) in [6, 6.07) is 5.66. The van der Waals surface area contributed by atoms with Crippen molar-refractivity contribution in [2.75, 3.05) is 5.32 Å². The van der Waals surface area contributed by atoms with Gasteiger partial charge in [0.25, 0.3) is 0 Å². The van der Waals surface area contributed by atoms with Gasteiger partial charge in [-0.05, 0) is 25.1 Å². The Morgan fingerprint density at radius 1 is 1.42 bits per heavy atom. The molecule has 0 spiro atoms. The average Bonchev–Trinajstić information content (AvgIpc) is 3.00. The minimum atomic E-state index is 0.0183. The van der Waals surface area contributed by atoms with Gasteiger partial charge in [-0.2, -0.15) is 15.4 Å². The van der Waals surface area contributed by atoms with Crippen LogP contribution in [0.1, 0.15) is 18.7 Å². The van der Waals surface area contributed by atoms with Crippen LogP contribution in [-0.2, 0) is 7.05 Å². The number of benzene rings is 1. The number of hydrogen-bond acceptors (Lipinski definition) is 4. The van der Waals surface area contributed by atoms with Gasteiger partial charge in [-0.3, -0.25) is 0 Å². The third-order valence-electron chi connectivity index (χ3n) is 3.07. The van der Waals surface area contributed by atoms with Gasteiger partial charge >= 0.3 is 0 Å². The van der Waals surface area contributed by atoms with Gasteiger partial charge in [-0.1, -0.05) is 11.6 Å². The molecule has 0 amide bonds. The van der Waals surface area contributed by atoms with Crippen LogP contribution in [0.4, 0.5) is 5.95 Å². The van der Waals surface area contributed by atoms with Gasteiger partial charge in [0.1, 0.15) is 5.69 Å². The Kier molecular flexibility index (Phi) is 2.87. The molecule has 98 valence electrons. The van der Waals surface area contributed by atoms with E-state index in [1.54, 1.807) is 6.20 Å². The van der Waals surface area contributed by atoms with Crippen LogP contribution in [0.15, 0.2) is 24.4 Å². The highest BCUT2D eigenvalue weighted by molar-refractivity contribution is 6.31. The van der Waals surface area contributed by atoms with Crippen molar-refractivity contribution in [3.05, 3.63) is 35.1 Å². The molecule has 0 fully saturated rings. The Hall–Kier alpha value is -2.08. The molecule has 3 rings (SSSR count). The first kappa shape index (κ1) is 12.0. The normalized spacial score (nSPS) is 12.8. The summed E-state index contributed by atoms with van der Waals surface area (Å²) in [5.74, 6) is 0.771. The Morgan fingerprint density at radius 2 is 2.26 bits per heavy atom. The van der Waals surface area contributed by atoms with Crippen molar-refractivity contribution in [2.24, 2.45) is 7.05 Å². The summed E-state index contributed by atoms with van der Waals surface area (Å²) in [6.45, 7) is 2.00. The number of fused-ring (bicyclic) bond motifs is 1. The molecule has 1 aromatic carbocycles. The van der Waals surface area contributed by atoms with E-state index < -0.39 is 0 Å². The lowest BCUT2D eigenvalue weighted by Gasteiger charge is -2.11. The van der Waals surface area contributed by atoms with Gasteiger partial charge in [0.2, 0.25) is 5.95 Å². The average molecular weight is 277 g/mol. The van der Waals surface area contributed by atoms with E-state index in [4.69, 9.17) is 11.6 Å². The molecule has 2 aromatic heterocycles. The minimum Gasteiger partial charge on any atom is -0.347 e. The molecule has 2 heterocycles. The van der Waals surface area contributed by atoms with Crippen molar-refractivity contribution >= 4 is 28.6 Å². The van der Waals surface area contributed by atoms with E-state index in [0.717, 1.165) is 22.7 Å². The largest absolute Gasteiger partial charge is 0.347 e. The minimum absolute atomic E-state index is 0.0183. The Morgan fingerprint density at radius 3 is 3.00 bits per heavy atom. The number of anilines is 1. The zero-order valence-electron chi connectivity index (χ0n) is 10.6. The summed E-state index contributed by atoms with van der Waals surface area (Å²) in [5.41, 5.74) is 2.73. The fraction of sp³-hybridized carbons (Fsp3) is 0.250. The van der Waals surface area contributed by atoms with Crippen molar-refractivity contribution < 1.29 is 0 Å². The number of aromatic amines is 1. The first-order valence-corrected chi connectivity index (χ1v) is 6.27. The van der Waals surface area contributed by atoms with Crippen molar-refractivity contribution in [3.8, 4) is 0 Å². The predicted molar refractivity (Wildman–Crippen MR) is 74.1 cm³/mol. The third-order valence-corrected chi connectivity index (χ3v) is 3.30. The van der Waals surface area contributed by atoms with Gasteiger partial charge in [0, 0.05) is 12.1 Å². The van der Waals surface area contributed by atoms with E-state index in [1.807, 2.05) is 36.7 Å². The molecule has 7 heteroatoms. The fourth-order valence-electron chi connectivity index (χ4n) is 1.98. The van der Waals surface area contributed by atoms with E-state index in [0.29, 0.717) is 5.02 Å². The molecule has 0 bridgehead atoms. The first-order valence-electron chi connectivity index (χ1n) is 5.89. The second-order valence-corrected chi connectivity index (χ2v) is 4.82. The standard InChI is InChI=1S/C12H13ClN6/c1-7(10-6-14-18-17-10)15-12-16-9-4-3-8(13)5-11(9)19(12)2/h3-7H,1-2H3,(H,15,16)(H,14,17,18). The maximum absolute atomic E-state index is 6.00. The van der Waals surface area contributed by atoms with Gasteiger partial charge in [-0.25, -0.2) is 4.98 Å². The highest BCUT2D eigenvalue weighted by Gasteiger charge is 2.13. The van der Waals surface area contributed by atoms with Crippen LogP contribution in [0.5, 0.6) is 0 Å². The first-order chi connectivity index (χ1) is 9.15. The lowest BCUT2D eigenvalue weighted by Crippen LogP contribution is -2.10. The van der Waals surface area contributed by atoms with Gasteiger partial charge in [0.05, 0.1) is 23.3 Å². The molecular formula is C12H13ClN6. The van der Waals surface area contributed by atoms with Crippen LogP contribution in [0.3, 0.4) is 0 Å². The molecular weight excluding hydrogens is 264 g/mol. The Bertz CT molecular complexity index is 702. The fourth-order valence-corrected chi connectivity index (χ4v) is 2.15. The van der Waals surface area contributed by atoms with E-state index in [9.17, 15) is 0 Å². The summed E-state index contributed by atoms with van der Waals surface area (Å²) >= 11 is 6.00. The summed E-state index contributed by atoms with van der Waals surface area (Å²) in [4.78, 5) is 4.54. The lowest BCUT2D eigenvalue weighted by molar-refractivity contribution is 0.790. The maximum atomic E-state index is 6.00. The van der Waals surface area contributed by atoms with Crippen LogP contribution >= 0.6 is 11.6 Å². The molecule has 0 saturated carbocycles. The number of halogens is 1. The van der Waals surface area contributed by atoms with E-state index in [2.05, 4.69) is 25.7 Å². The number of aromatic nitrogens is 5. The van der Waals surface area contributed by atoms with Crippen molar-refractivity contribution in [1.29, 1.82) is 0 Å². The monoisotopic (exact) mass is 276 g/mol. The van der Waals surface area contributed by atoms with Crippen molar-refractivity contribution in [2.45, 2.75) is 13.0 Å². The molecule has 1 atom stereocenters. The number of imidazole rings is 1. The molecule has 0 aliphatic heterocycles. The van der Waals surface area contributed by atoms with Crippen LogP contribution in [0.25, 0.3) is 11.0 Å². The van der Waals surface area contributed by atoms with E-state index in [-0.39, 0.29) is 6.04 Å². The second-order valence-electron chi connectivity index (χ2n) is 4.39. The molecule has 2 N–H and O–H groups in total. The van der Waals surface area contributed by atoms with Gasteiger partial charge in [-0.15, -0.1) is 0 Å². The lowest BCUT2D eigenvalue weighted by atomic mass is 10.3. The van der Waals surface area contributed by atoms with Crippen LogP contribution in [0, 0.1) is 0 Å². The smallest absolute Gasteiger partial charge is 0.204 e. The van der Waals surface area contributed by atoms with Gasteiger partial charge < -0.3 is 9.88 Å². The number of aryl methyl sites for hydroxylation is 1. The zero-order valence-corrected chi connectivity index (χ0v) is 11.3. The quantitative estimate of drug-likeness (QED) is 0.771. The number of hydrogen-bond donors (Lipinski definition) is 2. The summed E-state index contributed by atoms with van der Waals surface area (Å²) in [5, 5.41) is 14.5. The highest BCUT2D eigenvalue weighted by Crippen LogP contribution is 2.24. The number of H-pyrrole nitrogens is 1. The topological polar surface area (TPSA) is 71.4 Å². The van der Waals surface area contributed by atoms with Crippen LogP contribution in [0.2, 0.25) is 5.02 Å². The molecule has 0 saturated heterocycles. The van der Waals surface area contributed by atoms with E-state index >= 15 is 0 Å². The third kappa shape index (κ3) is 2.15. The second kappa shape index (κ2) is 4.55. The molecule has 19 heavy (non-hydrogen) atoms.